The predicted octanol–water partition coefficient (Wildman–Crippen LogP) is 2.49. The molecule has 0 saturated carbocycles. The number of nitrogens with zero attached hydrogens (tertiary/aromatic N) is 7. The van der Waals surface area contributed by atoms with Crippen molar-refractivity contribution in [2.45, 2.75) is 17.8 Å². The average molecular weight is 392 g/mol. The van der Waals surface area contributed by atoms with Crippen molar-refractivity contribution < 1.29 is 4.79 Å². The summed E-state index contributed by atoms with van der Waals surface area (Å²) in [7, 11) is 0. The maximum Gasteiger partial charge on any atom is 0.221 e. The minimum Gasteiger partial charge on any atom is -0.326 e. The molecule has 0 fully saturated rings. The number of rotatable bonds is 6. The number of para-hydroxylation sites is 1. The maximum absolute atomic E-state index is 11.3. The van der Waals surface area contributed by atoms with E-state index in [4.69, 9.17) is 0 Å². The summed E-state index contributed by atoms with van der Waals surface area (Å²) in [6.45, 7) is 1.47. The Morgan fingerprint density at radius 2 is 1.93 bits per heavy atom. The van der Waals surface area contributed by atoms with Crippen LogP contribution in [0.1, 0.15) is 12.6 Å². The Labute approximate surface area is 164 Å². The van der Waals surface area contributed by atoms with Crippen LogP contribution in [0.3, 0.4) is 0 Å². The second-order valence-electron chi connectivity index (χ2n) is 5.85. The van der Waals surface area contributed by atoms with Crippen LogP contribution >= 0.6 is 11.8 Å². The molecule has 4 rings (SSSR count). The number of thioether (sulfide) groups is 1. The number of aromatic nitrogens is 7. The lowest BCUT2D eigenvalue weighted by atomic mass is 10.3. The summed E-state index contributed by atoms with van der Waals surface area (Å²) < 4.78 is 1.62. The molecule has 0 spiro atoms. The van der Waals surface area contributed by atoms with Crippen LogP contribution < -0.4 is 5.32 Å². The molecule has 10 heteroatoms. The number of nitrogens with one attached hydrogen (secondary N) is 1. The first-order valence-corrected chi connectivity index (χ1v) is 9.43. The van der Waals surface area contributed by atoms with E-state index in [1.807, 2.05) is 54.6 Å². The van der Waals surface area contributed by atoms with Crippen LogP contribution in [0.15, 0.2) is 66.0 Å². The van der Waals surface area contributed by atoms with Crippen molar-refractivity contribution in [3.05, 3.63) is 66.5 Å². The molecule has 0 aliphatic heterocycles. The molecule has 4 aromatic rings. The van der Waals surface area contributed by atoms with Gasteiger partial charge in [-0.1, -0.05) is 36.0 Å². The van der Waals surface area contributed by atoms with Crippen LogP contribution in [0.4, 0.5) is 5.69 Å². The lowest BCUT2D eigenvalue weighted by Gasteiger charge is -2.06. The molecule has 0 radical (unpaired) electrons. The Kier molecular flexibility index (Phi) is 5.11. The number of hydrogen-bond acceptors (Lipinski definition) is 7. The van der Waals surface area contributed by atoms with Gasteiger partial charge in [0.05, 0.1) is 23.3 Å². The Hall–Kier alpha value is -3.53. The van der Waals surface area contributed by atoms with Crippen molar-refractivity contribution in [2.24, 2.45) is 0 Å². The fraction of sp³-hybridized carbons (Fsp3) is 0.111. The fourth-order valence-electron chi connectivity index (χ4n) is 2.53. The van der Waals surface area contributed by atoms with Crippen molar-refractivity contribution in [1.82, 2.24) is 35.2 Å². The summed E-state index contributed by atoms with van der Waals surface area (Å²) in [5.41, 5.74) is 3.16. The molecule has 2 aromatic heterocycles. The van der Waals surface area contributed by atoms with Gasteiger partial charge in [-0.15, -0.1) is 5.10 Å². The molecule has 0 bridgehead atoms. The maximum atomic E-state index is 11.3. The molecule has 0 atom stereocenters. The number of carbonyl (C=O) groups is 1. The highest BCUT2D eigenvalue weighted by molar-refractivity contribution is 7.98. The van der Waals surface area contributed by atoms with Gasteiger partial charge < -0.3 is 5.32 Å². The molecular weight excluding hydrogens is 376 g/mol. The van der Waals surface area contributed by atoms with Gasteiger partial charge in [-0.25, -0.2) is 0 Å². The van der Waals surface area contributed by atoms with Crippen molar-refractivity contribution in [2.75, 3.05) is 5.32 Å². The van der Waals surface area contributed by atoms with Crippen LogP contribution in [0.5, 0.6) is 0 Å². The molecule has 0 aliphatic carbocycles. The number of carbonyl (C=O) groups excluding carboxylic acids is 1. The van der Waals surface area contributed by atoms with Crippen molar-refractivity contribution in [1.29, 1.82) is 0 Å². The van der Waals surface area contributed by atoms with Gasteiger partial charge in [0.2, 0.25) is 11.1 Å². The zero-order valence-electron chi connectivity index (χ0n) is 14.9. The summed E-state index contributed by atoms with van der Waals surface area (Å²) in [4.78, 5) is 12.9. The Bertz CT molecular complexity index is 1090. The van der Waals surface area contributed by atoms with E-state index in [1.54, 1.807) is 15.7 Å². The van der Waals surface area contributed by atoms with Gasteiger partial charge in [0.25, 0.3) is 0 Å². The number of hydrogen-bond donors (Lipinski definition) is 1. The monoisotopic (exact) mass is 392 g/mol. The van der Waals surface area contributed by atoms with Crippen LogP contribution in [0.2, 0.25) is 0 Å². The fourth-order valence-corrected chi connectivity index (χ4v) is 3.30. The second-order valence-corrected chi connectivity index (χ2v) is 6.80. The molecule has 1 amide bonds. The number of amides is 1. The van der Waals surface area contributed by atoms with E-state index in [1.165, 1.54) is 18.7 Å². The molecular formula is C18H16N8OS. The van der Waals surface area contributed by atoms with Gasteiger partial charge in [0, 0.05) is 18.4 Å². The minimum absolute atomic E-state index is 0.134. The first kappa shape index (κ1) is 17.9. The van der Waals surface area contributed by atoms with Crippen LogP contribution in [0.25, 0.3) is 11.4 Å². The van der Waals surface area contributed by atoms with Crippen molar-refractivity contribution in [3.8, 4) is 11.4 Å². The molecule has 0 saturated heterocycles. The lowest BCUT2D eigenvalue weighted by Crippen LogP contribution is -2.07. The van der Waals surface area contributed by atoms with Gasteiger partial charge in [-0.2, -0.15) is 19.7 Å². The molecule has 2 aromatic carbocycles. The van der Waals surface area contributed by atoms with Gasteiger partial charge >= 0.3 is 0 Å². The number of tetrazole rings is 1. The Morgan fingerprint density at radius 3 is 2.75 bits per heavy atom. The molecule has 140 valence electrons. The van der Waals surface area contributed by atoms with E-state index in [-0.39, 0.29) is 5.91 Å². The predicted molar refractivity (Wildman–Crippen MR) is 104 cm³/mol. The zero-order valence-corrected chi connectivity index (χ0v) is 15.7. The summed E-state index contributed by atoms with van der Waals surface area (Å²) in [5.74, 6) is 0.434. The quantitative estimate of drug-likeness (QED) is 0.503. The van der Waals surface area contributed by atoms with E-state index >= 15 is 0 Å². The van der Waals surface area contributed by atoms with Crippen molar-refractivity contribution >= 4 is 23.4 Å². The number of benzene rings is 2. The standard InChI is InChI=1S/C18H16N8OS/c1-13(27)20-14-6-5-9-17(10-14)25-18(21-23-24-25)28-12-15-11-19-26(22-15)16-7-3-2-4-8-16/h2-11H,12H2,1H3,(H,20,27). The number of anilines is 1. The summed E-state index contributed by atoms with van der Waals surface area (Å²) in [6.07, 6.45) is 1.73. The van der Waals surface area contributed by atoms with E-state index in [2.05, 4.69) is 31.0 Å². The normalized spacial score (nSPS) is 10.8. The highest BCUT2D eigenvalue weighted by Gasteiger charge is 2.12. The van der Waals surface area contributed by atoms with Crippen LogP contribution in [-0.2, 0) is 10.5 Å². The molecule has 2 heterocycles. The minimum atomic E-state index is -0.134. The van der Waals surface area contributed by atoms with E-state index in [9.17, 15) is 4.79 Å². The SMILES string of the molecule is CC(=O)Nc1cccc(-n2nnnc2SCc2cnn(-c3ccccc3)n2)c1. The van der Waals surface area contributed by atoms with E-state index in [0.29, 0.717) is 16.6 Å². The smallest absolute Gasteiger partial charge is 0.221 e. The topological polar surface area (TPSA) is 103 Å². The summed E-state index contributed by atoms with van der Waals surface area (Å²) in [6, 6.07) is 17.0. The van der Waals surface area contributed by atoms with Crippen LogP contribution in [0, 0.1) is 0 Å². The van der Waals surface area contributed by atoms with Crippen LogP contribution in [-0.4, -0.2) is 41.1 Å². The third-order valence-electron chi connectivity index (χ3n) is 3.73. The molecule has 0 unspecified atom stereocenters. The average Bonchev–Trinajstić information content (AvgIpc) is 3.36. The van der Waals surface area contributed by atoms with Gasteiger partial charge in [-0.05, 0) is 40.8 Å². The van der Waals surface area contributed by atoms with Crippen molar-refractivity contribution in [3.63, 3.8) is 0 Å². The van der Waals surface area contributed by atoms with Gasteiger partial charge in [0.15, 0.2) is 0 Å². The van der Waals surface area contributed by atoms with Gasteiger partial charge in [0.1, 0.15) is 0 Å². The molecule has 9 nitrogen and oxygen atoms in total. The third kappa shape index (κ3) is 4.07. The molecule has 1 N–H and O–H groups in total. The summed E-state index contributed by atoms with van der Waals surface area (Å²) >= 11 is 1.45. The van der Waals surface area contributed by atoms with E-state index < -0.39 is 0 Å². The first-order chi connectivity index (χ1) is 13.7. The summed E-state index contributed by atoms with van der Waals surface area (Å²) in [5, 5.41) is 24.1. The van der Waals surface area contributed by atoms with E-state index in [0.717, 1.165) is 17.1 Å². The third-order valence-corrected chi connectivity index (χ3v) is 4.68. The highest BCUT2D eigenvalue weighted by Crippen LogP contribution is 2.23. The first-order valence-electron chi connectivity index (χ1n) is 8.45. The second kappa shape index (κ2) is 8.01. The largest absolute Gasteiger partial charge is 0.326 e. The zero-order chi connectivity index (χ0) is 19.3. The highest BCUT2D eigenvalue weighted by atomic mass is 32.2. The molecule has 28 heavy (non-hydrogen) atoms. The van der Waals surface area contributed by atoms with Gasteiger partial charge in [-0.3, -0.25) is 4.79 Å². The Balaban J connectivity index is 1.48. The lowest BCUT2D eigenvalue weighted by molar-refractivity contribution is -0.114. The molecule has 0 aliphatic rings. The Morgan fingerprint density at radius 1 is 1.11 bits per heavy atom.